The van der Waals surface area contributed by atoms with Gasteiger partial charge in [-0.05, 0) is 35.4 Å². The first kappa shape index (κ1) is 20.5. The molecule has 0 saturated carbocycles. The van der Waals surface area contributed by atoms with Crippen molar-refractivity contribution in [3.8, 4) is 11.1 Å². The van der Waals surface area contributed by atoms with Gasteiger partial charge in [-0.25, -0.2) is 4.39 Å². The van der Waals surface area contributed by atoms with Crippen LogP contribution in [0.4, 0.5) is 10.1 Å². The molecule has 0 spiro atoms. The summed E-state index contributed by atoms with van der Waals surface area (Å²) in [6, 6.07) is 22.4. The van der Waals surface area contributed by atoms with Crippen LogP contribution in [0, 0.1) is 11.7 Å². The molecule has 1 atom stereocenters. The predicted molar refractivity (Wildman–Crippen MR) is 114 cm³/mol. The second kappa shape index (κ2) is 8.92. The van der Waals surface area contributed by atoms with Crippen LogP contribution in [0.5, 0.6) is 0 Å². The summed E-state index contributed by atoms with van der Waals surface area (Å²) >= 11 is 0. The number of esters is 1. The lowest BCUT2D eigenvalue weighted by Gasteiger charge is -2.16. The predicted octanol–water partition coefficient (Wildman–Crippen LogP) is 4.27. The van der Waals surface area contributed by atoms with Crippen LogP contribution in [0.1, 0.15) is 16.8 Å². The number of hydrogen-bond donors (Lipinski definition) is 0. The van der Waals surface area contributed by atoms with Crippen molar-refractivity contribution >= 4 is 23.3 Å². The Morgan fingerprint density at radius 1 is 0.903 bits per heavy atom. The number of amides is 1. The number of carbonyl (C=O) groups excluding carboxylic acids is 3. The number of hydrogen-bond acceptors (Lipinski definition) is 4. The molecule has 156 valence electrons. The first-order chi connectivity index (χ1) is 15.0. The summed E-state index contributed by atoms with van der Waals surface area (Å²) in [5.74, 6) is -2.20. The van der Waals surface area contributed by atoms with Crippen molar-refractivity contribution in [2.24, 2.45) is 5.92 Å². The number of nitrogens with zero attached hydrogens (tertiary/aromatic N) is 1. The third kappa shape index (κ3) is 4.69. The fraction of sp³-hybridized carbons (Fsp3) is 0.160. The maximum atomic E-state index is 13.1. The molecule has 3 aromatic carbocycles. The highest BCUT2D eigenvalue weighted by molar-refractivity contribution is 6.01. The highest BCUT2D eigenvalue weighted by Crippen LogP contribution is 2.26. The smallest absolute Gasteiger partial charge is 0.311 e. The van der Waals surface area contributed by atoms with E-state index in [0.717, 1.165) is 11.1 Å². The number of rotatable bonds is 6. The van der Waals surface area contributed by atoms with Crippen LogP contribution >= 0.6 is 0 Å². The maximum Gasteiger partial charge on any atom is 0.311 e. The molecule has 6 heteroatoms. The molecule has 1 fully saturated rings. The molecule has 1 aliphatic heterocycles. The Morgan fingerprint density at radius 2 is 1.55 bits per heavy atom. The summed E-state index contributed by atoms with van der Waals surface area (Å²) < 4.78 is 18.3. The quantitative estimate of drug-likeness (QED) is 0.444. The summed E-state index contributed by atoms with van der Waals surface area (Å²) in [6.07, 6.45) is -0.00380. The minimum Gasteiger partial charge on any atom is -0.457 e. The summed E-state index contributed by atoms with van der Waals surface area (Å²) in [5, 5.41) is 0. The van der Waals surface area contributed by atoms with Crippen molar-refractivity contribution < 1.29 is 23.5 Å². The van der Waals surface area contributed by atoms with E-state index in [-0.39, 0.29) is 31.3 Å². The largest absolute Gasteiger partial charge is 0.457 e. The molecule has 0 aromatic heterocycles. The Kier molecular flexibility index (Phi) is 5.89. The molecule has 0 radical (unpaired) electrons. The van der Waals surface area contributed by atoms with Gasteiger partial charge in [0.1, 0.15) is 5.82 Å². The van der Waals surface area contributed by atoms with Crippen molar-refractivity contribution in [3.63, 3.8) is 0 Å². The van der Waals surface area contributed by atoms with Crippen LogP contribution < -0.4 is 4.90 Å². The van der Waals surface area contributed by atoms with Gasteiger partial charge in [-0.15, -0.1) is 0 Å². The summed E-state index contributed by atoms with van der Waals surface area (Å²) in [4.78, 5) is 38.5. The molecule has 5 nitrogen and oxygen atoms in total. The van der Waals surface area contributed by atoms with E-state index in [9.17, 15) is 18.8 Å². The van der Waals surface area contributed by atoms with Crippen LogP contribution in [-0.2, 0) is 14.3 Å². The zero-order valence-electron chi connectivity index (χ0n) is 16.7. The van der Waals surface area contributed by atoms with Crippen LogP contribution in [0.15, 0.2) is 78.9 Å². The van der Waals surface area contributed by atoms with E-state index < -0.39 is 17.7 Å². The number of ketones is 1. The molecule has 3 aromatic rings. The highest BCUT2D eigenvalue weighted by Gasteiger charge is 2.36. The van der Waals surface area contributed by atoms with Crippen molar-refractivity contribution in [1.29, 1.82) is 0 Å². The maximum absolute atomic E-state index is 13.1. The molecule has 0 bridgehead atoms. The Balaban J connectivity index is 1.33. The van der Waals surface area contributed by atoms with Crippen LogP contribution in [0.25, 0.3) is 11.1 Å². The van der Waals surface area contributed by atoms with Gasteiger partial charge < -0.3 is 9.64 Å². The summed E-state index contributed by atoms with van der Waals surface area (Å²) in [7, 11) is 0. The molecule has 1 amide bonds. The van der Waals surface area contributed by atoms with E-state index in [1.807, 2.05) is 42.5 Å². The molecule has 4 rings (SSSR count). The van der Waals surface area contributed by atoms with Gasteiger partial charge in [0, 0.05) is 24.2 Å². The van der Waals surface area contributed by atoms with Gasteiger partial charge in [0.15, 0.2) is 12.4 Å². The number of benzene rings is 3. The fourth-order valence-electron chi connectivity index (χ4n) is 3.55. The van der Waals surface area contributed by atoms with Gasteiger partial charge in [0.05, 0.1) is 5.92 Å². The zero-order valence-corrected chi connectivity index (χ0v) is 16.7. The normalized spacial score (nSPS) is 15.7. The van der Waals surface area contributed by atoms with E-state index >= 15 is 0 Å². The highest BCUT2D eigenvalue weighted by atomic mass is 19.1. The Bertz CT molecular complexity index is 1090. The van der Waals surface area contributed by atoms with Crippen molar-refractivity contribution in [3.05, 3.63) is 90.2 Å². The van der Waals surface area contributed by atoms with Crippen molar-refractivity contribution in [2.75, 3.05) is 18.1 Å². The van der Waals surface area contributed by atoms with Gasteiger partial charge in [-0.1, -0.05) is 54.6 Å². The minimum atomic E-state index is -0.661. The molecular formula is C25H20FNO4. The number of anilines is 1. The van der Waals surface area contributed by atoms with E-state index in [1.165, 1.54) is 29.2 Å². The number of Topliss-reactive ketones (excluding diaryl/α,β-unsaturated/α-hetero) is 1. The molecule has 0 N–H and O–H groups in total. The standard InChI is InChI=1S/C25H20FNO4/c26-21-10-12-22(13-11-21)27-15-20(14-24(27)29)25(30)31-16-23(28)19-8-6-18(7-9-19)17-4-2-1-3-5-17/h1-13,20H,14-16H2. The third-order valence-corrected chi connectivity index (χ3v) is 5.26. The van der Waals surface area contributed by atoms with Gasteiger partial charge in [0.2, 0.25) is 5.91 Å². The number of carbonyl (C=O) groups is 3. The number of halogens is 1. The van der Waals surface area contributed by atoms with E-state index in [0.29, 0.717) is 11.3 Å². The average Bonchev–Trinajstić information content (AvgIpc) is 3.20. The summed E-state index contributed by atoms with van der Waals surface area (Å²) in [6.45, 7) is -0.242. The van der Waals surface area contributed by atoms with Crippen molar-refractivity contribution in [1.82, 2.24) is 0 Å². The van der Waals surface area contributed by atoms with Crippen LogP contribution in [-0.4, -0.2) is 30.8 Å². The van der Waals surface area contributed by atoms with Gasteiger partial charge in [-0.2, -0.15) is 0 Å². The van der Waals surface area contributed by atoms with Crippen LogP contribution in [0.3, 0.4) is 0 Å². The van der Waals surface area contributed by atoms with E-state index in [2.05, 4.69) is 0 Å². The monoisotopic (exact) mass is 417 g/mol. The minimum absolute atomic E-state index is 0.00380. The van der Waals surface area contributed by atoms with Gasteiger partial charge in [-0.3, -0.25) is 14.4 Å². The van der Waals surface area contributed by atoms with E-state index in [1.54, 1.807) is 12.1 Å². The molecule has 31 heavy (non-hydrogen) atoms. The van der Waals surface area contributed by atoms with Crippen molar-refractivity contribution in [2.45, 2.75) is 6.42 Å². The molecule has 1 aliphatic rings. The summed E-state index contributed by atoms with van der Waals surface area (Å²) in [5.41, 5.74) is 3.00. The Labute approximate surface area is 179 Å². The second-order valence-electron chi connectivity index (χ2n) is 7.36. The Hall–Kier alpha value is -3.80. The number of ether oxygens (including phenoxy) is 1. The lowest BCUT2D eigenvalue weighted by molar-refractivity contribution is -0.147. The molecule has 1 saturated heterocycles. The first-order valence-corrected chi connectivity index (χ1v) is 9.92. The zero-order chi connectivity index (χ0) is 21.8. The molecule has 0 aliphatic carbocycles. The molecular weight excluding hydrogens is 397 g/mol. The van der Waals surface area contributed by atoms with Gasteiger partial charge >= 0.3 is 5.97 Å². The van der Waals surface area contributed by atoms with Gasteiger partial charge in [0.25, 0.3) is 0 Å². The third-order valence-electron chi connectivity index (χ3n) is 5.26. The lowest BCUT2D eigenvalue weighted by atomic mass is 10.0. The fourth-order valence-corrected chi connectivity index (χ4v) is 3.55. The SMILES string of the molecule is O=C(COC(=O)C1CC(=O)N(c2ccc(F)cc2)C1)c1ccc(-c2ccccc2)cc1. The molecule has 1 unspecified atom stereocenters. The first-order valence-electron chi connectivity index (χ1n) is 9.92. The second-order valence-corrected chi connectivity index (χ2v) is 7.36. The topological polar surface area (TPSA) is 63.7 Å². The lowest BCUT2D eigenvalue weighted by Crippen LogP contribution is -2.27. The molecule has 1 heterocycles. The Morgan fingerprint density at radius 3 is 2.23 bits per heavy atom. The van der Waals surface area contributed by atoms with E-state index in [4.69, 9.17) is 4.74 Å². The average molecular weight is 417 g/mol. The van der Waals surface area contributed by atoms with Crippen LogP contribution in [0.2, 0.25) is 0 Å².